The third kappa shape index (κ3) is 2.40. The van der Waals surface area contributed by atoms with Gasteiger partial charge in [-0.25, -0.2) is 4.98 Å². The molecule has 0 fully saturated rings. The predicted octanol–water partition coefficient (Wildman–Crippen LogP) is -0.902. The highest BCUT2D eigenvalue weighted by molar-refractivity contribution is 7.50. The minimum Gasteiger partial charge on any atom is -0.809 e. The van der Waals surface area contributed by atoms with E-state index < -0.39 is 18.4 Å². The second-order valence-electron chi connectivity index (χ2n) is 4.27. The summed E-state index contributed by atoms with van der Waals surface area (Å²) >= 11 is 0. The van der Waals surface area contributed by atoms with E-state index in [-0.39, 0.29) is 23.5 Å². The molecule has 104 valence electrons. The van der Waals surface area contributed by atoms with Gasteiger partial charge in [-0.1, -0.05) is 6.92 Å². The van der Waals surface area contributed by atoms with Crippen LogP contribution in [0, 0.1) is 0 Å². The van der Waals surface area contributed by atoms with Crippen LogP contribution < -0.4 is 20.7 Å². The van der Waals surface area contributed by atoms with Crippen molar-refractivity contribution in [1.29, 1.82) is 0 Å². The van der Waals surface area contributed by atoms with Gasteiger partial charge in [0.05, 0.1) is 11.6 Å². The van der Waals surface area contributed by atoms with Gasteiger partial charge in [0.1, 0.15) is 0 Å². The van der Waals surface area contributed by atoms with Crippen molar-refractivity contribution < 1.29 is 14.4 Å². The molecule has 2 rings (SSSR count). The van der Waals surface area contributed by atoms with E-state index in [9.17, 15) is 19.1 Å². The Bertz CT molecular complexity index is 704. The summed E-state index contributed by atoms with van der Waals surface area (Å²) in [6.45, 7) is 2.78. The lowest BCUT2D eigenvalue weighted by atomic mass is 10.2. The molecule has 0 aliphatic heterocycles. The van der Waals surface area contributed by atoms with Crippen molar-refractivity contribution >= 4 is 24.7 Å². The fourth-order valence-electron chi connectivity index (χ4n) is 1.51. The first-order valence-electron chi connectivity index (χ1n) is 5.50. The second kappa shape index (κ2) is 4.44. The van der Waals surface area contributed by atoms with E-state index in [0.29, 0.717) is 0 Å². The third-order valence-corrected chi connectivity index (χ3v) is 4.61. The van der Waals surface area contributed by atoms with Gasteiger partial charge in [0.25, 0.3) is 5.56 Å². The monoisotopic (exact) mass is 285 g/mol. The van der Waals surface area contributed by atoms with Crippen molar-refractivity contribution in [3.63, 3.8) is 0 Å². The molecule has 19 heavy (non-hydrogen) atoms. The van der Waals surface area contributed by atoms with Crippen molar-refractivity contribution in [3.05, 3.63) is 16.7 Å². The van der Waals surface area contributed by atoms with E-state index in [0.717, 1.165) is 0 Å². The number of hydrogen-bond donors (Lipinski definition) is 3. The molecule has 1 atom stereocenters. The van der Waals surface area contributed by atoms with Crippen LogP contribution in [0.1, 0.15) is 20.3 Å². The smallest absolute Gasteiger partial charge is 0.278 e. The lowest BCUT2D eigenvalue weighted by Crippen LogP contribution is -2.43. The zero-order valence-corrected chi connectivity index (χ0v) is 11.2. The first-order valence-corrected chi connectivity index (χ1v) is 7.05. The molecule has 0 unspecified atom stereocenters. The maximum atomic E-state index is 11.7. The van der Waals surface area contributed by atoms with Crippen LogP contribution in [-0.2, 0) is 4.57 Å². The normalized spacial score (nSPS) is 15.4. The summed E-state index contributed by atoms with van der Waals surface area (Å²) in [5.74, 6) is -0.110. The van der Waals surface area contributed by atoms with Crippen LogP contribution in [0.15, 0.2) is 11.1 Å². The average Bonchev–Trinajstić information content (AvgIpc) is 2.76. The van der Waals surface area contributed by atoms with Gasteiger partial charge >= 0.3 is 0 Å². The van der Waals surface area contributed by atoms with Crippen LogP contribution in [0.25, 0.3) is 11.2 Å². The van der Waals surface area contributed by atoms with Gasteiger partial charge in [0, 0.05) is 0 Å². The largest absolute Gasteiger partial charge is 0.809 e. The minimum atomic E-state index is -4.92. The second-order valence-corrected chi connectivity index (χ2v) is 6.25. The Kier molecular flexibility index (Phi) is 3.21. The molecule has 0 spiro atoms. The number of anilines is 1. The molecular weight excluding hydrogens is 273 g/mol. The summed E-state index contributed by atoms with van der Waals surface area (Å²) in [5, 5.41) is 0.730. The zero-order chi connectivity index (χ0) is 14.3. The predicted molar refractivity (Wildman–Crippen MR) is 64.4 cm³/mol. The summed E-state index contributed by atoms with van der Waals surface area (Å²) in [6.07, 6.45) is 1.32. The summed E-state index contributed by atoms with van der Waals surface area (Å²) in [5.41, 5.74) is -0.192. The number of nitrogens with zero attached hydrogens (tertiary/aromatic N) is 2. The standard InChI is InChI=1S/C9H14N5O4P/c1-3-9(2,19(16,17)18)14-8-12-6-5(7(15)13-8)10-4-11-6/h4H,3H2,1-2H3,(H2,16,17,18)(H3,10,11,12,13,14,15)/p-2/t9-/m0/s1. The molecule has 0 amide bonds. The van der Waals surface area contributed by atoms with Gasteiger partial charge in [-0.15, -0.1) is 0 Å². The van der Waals surface area contributed by atoms with E-state index in [4.69, 9.17) is 0 Å². The number of H-pyrrole nitrogens is 2. The molecule has 0 aromatic carbocycles. The number of fused-ring (bicyclic) bond motifs is 1. The maximum absolute atomic E-state index is 11.7. The van der Waals surface area contributed by atoms with Crippen LogP contribution in [0.2, 0.25) is 0 Å². The Labute approximate surface area is 107 Å². The molecule has 9 nitrogen and oxygen atoms in total. The minimum absolute atomic E-state index is 0.0274. The van der Waals surface area contributed by atoms with Gasteiger partial charge in [0.2, 0.25) is 5.95 Å². The molecule has 3 N–H and O–H groups in total. The van der Waals surface area contributed by atoms with Crippen LogP contribution in [0.3, 0.4) is 0 Å². The van der Waals surface area contributed by atoms with Crippen molar-refractivity contribution in [2.75, 3.05) is 5.32 Å². The first kappa shape index (κ1) is 13.7. The molecule has 2 aromatic heterocycles. The Morgan fingerprint density at radius 2 is 2.21 bits per heavy atom. The number of hydrogen-bond acceptors (Lipinski definition) is 7. The highest BCUT2D eigenvalue weighted by Gasteiger charge is 2.27. The van der Waals surface area contributed by atoms with Gasteiger partial charge in [-0.05, 0) is 20.9 Å². The topological polar surface area (TPSA) is 150 Å². The van der Waals surface area contributed by atoms with E-state index in [2.05, 4.69) is 25.3 Å². The van der Waals surface area contributed by atoms with Crippen molar-refractivity contribution in [3.8, 4) is 0 Å². The van der Waals surface area contributed by atoms with Gasteiger partial charge in [-0.2, -0.15) is 4.98 Å². The van der Waals surface area contributed by atoms with Crippen molar-refractivity contribution in [1.82, 2.24) is 19.9 Å². The molecule has 0 saturated heterocycles. The molecule has 0 radical (unpaired) electrons. The van der Waals surface area contributed by atoms with E-state index in [1.54, 1.807) is 6.92 Å². The number of aromatic amines is 2. The summed E-state index contributed by atoms with van der Waals surface area (Å²) < 4.78 is 11.3. The maximum Gasteiger partial charge on any atom is 0.278 e. The molecule has 0 aliphatic rings. The molecule has 0 bridgehead atoms. The number of aromatic nitrogens is 4. The van der Waals surface area contributed by atoms with Crippen LogP contribution in [0.4, 0.5) is 5.95 Å². The van der Waals surface area contributed by atoms with Gasteiger partial charge in [-0.3, -0.25) is 9.78 Å². The highest BCUT2D eigenvalue weighted by Crippen LogP contribution is 2.44. The molecule has 2 heterocycles. The van der Waals surface area contributed by atoms with Crippen molar-refractivity contribution in [2.45, 2.75) is 25.5 Å². The molecule has 0 aliphatic carbocycles. The lowest BCUT2D eigenvalue weighted by Gasteiger charge is -2.47. The number of imidazole rings is 1. The van der Waals surface area contributed by atoms with E-state index in [1.807, 2.05) is 0 Å². The fourth-order valence-corrected chi connectivity index (χ4v) is 2.14. The summed E-state index contributed by atoms with van der Waals surface area (Å²) in [7, 11) is -4.92. The van der Waals surface area contributed by atoms with Gasteiger partial charge < -0.3 is 24.7 Å². The first-order chi connectivity index (χ1) is 8.77. The molecule has 0 saturated carbocycles. The summed E-state index contributed by atoms with van der Waals surface area (Å²) in [6, 6.07) is 0. The van der Waals surface area contributed by atoms with Crippen LogP contribution >= 0.6 is 7.60 Å². The Balaban J connectivity index is 2.46. The number of rotatable bonds is 4. The average molecular weight is 285 g/mol. The highest BCUT2D eigenvalue weighted by atomic mass is 31.2. The Morgan fingerprint density at radius 3 is 2.79 bits per heavy atom. The van der Waals surface area contributed by atoms with E-state index in [1.165, 1.54) is 13.3 Å². The van der Waals surface area contributed by atoms with Gasteiger partial charge in [0.15, 0.2) is 11.2 Å². The third-order valence-electron chi connectivity index (χ3n) is 2.98. The molecule has 10 heteroatoms. The molecular formula is C9H12N5O4P-2. The quantitative estimate of drug-likeness (QED) is 0.616. The number of nitrogens with one attached hydrogen (secondary N) is 3. The zero-order valence-electron chi connectivity index (χ0n) is 10.3. The van der Waals surface area contributed by atoms with Crippen LogP contribution in [0.5, 0.6) is 0 Å². The van der Waals surface area contributed by atoms with Crippen LogP contribution in [-0.4, -0.2) is 25.2 Å². The van der Waals surface area contributed by atoms with E-state index >= 15 is 0 Å². The van der Waals surface area contributed by atoms with Crippen molar-refractivity contribution in [2.24, 2.45) is 0 Å². The lowest BCUT2D eigenvalue weighted by molar-refractivity contribution is -0.319. The Morgan fingerprint density at radius 1 is 1.53 bits per heavy atom. The SMILES string of the molecule is CC[C@@](C)(Nc1nc2nc[nH]c2c(=O)[nH]1)P(=O)([O-])[O-]. The fraction of sp³-hybridized carbons (Fsp3) is 0.444. The molecule has 2 aromatic rings. The summed E-state index contributed by atoms with van der Waals surface area (Å²) in [4.78, 5) is 46.9. The Hall–Kier alpha value is -1.70.